The van der Waals surface area contributed by atoms with Crippen molar-refractivity contribution in [3.05, 3.63) is 106 Å². The summed E-state index contributed by atoms with van der Waals surface area (Å²) in [5.41, 5.74) is 10.3. The first-order chi connectivity index (χ1) is 21.7. The fourth-order valence-electron chi connectivity index (χ4n) is 5.48. The molecule has 5 aromatic rings. The Morgan fingerprint density at radius 2 is 1.80 bits per heavy atom. The smallest absolute Gasteiger partial charge is 0.284 e. The third-order valence-electron chi connectivity index (χ3n) is 7.97. The number of hydrogen-bond acceptors (Lipinski definition) is 7. The van der Waals surface area contributed by atoms with Crippen LogP contribution < -0.4 is 21.3 Å². The van der Waals surface area contributed by atoms with Crippen molar-refractivity contribution in [3.8, 4) is 34.0 Å². The molecule has 1 amide bonds. The molecule has 1 saturated heterocycles. The molecule has 10 nitrogen and oxygen atoms in total. The quantitative estimate of drug-likeness (QED) is 0.252. The number of carbonyl (C=O) groups is 1. The monoisotopic (exact) mass is 608 g/mol. The number of carbonyl (C=O) groups excluding carboxylic acids is 1. The van der Waals surface area contributed by atoms with Gasteiger partial charge < -0.3 is 20.5 Å². The third kappa shape index (κ3) is 6.07. The Kier molecular flexibility index (Phi) is 8.18. The molecule has 6 rings (SSSR count). The van der Waals surface area contributed by atoms with Crippen LogP contribution in [0.4, 0.5) is 15.9 Å². The van der Waals surface area contributed by atoms with Crippen LogP contribution in [0.25, 0.3) is 28.2 Å². The van der Waals surface area contributed by atoms with Gasteiger partial charge in [-0.1, -0.05) is 24.3 Å². The fourth-order valence-corrected chi connectivity index (χ4v) is 5.48. The van der Waals surface area contributed by atoms with Crippen LogP contribution in [0.2, 0.25) is 0 Å². The Morgan fingerprint density at radius 3 is 2.53 bits per heavy atom. The van der Waals surface area contributed by atoms with Gasteiger partial charge in [0.25, 0.3) is 11.5 Å². The largest absolute Gasteiger partial charge is 0.490 e. The molecule has 3 N–H and O–H groups in total. The Hall–Kier alpha value is -5.29. The molecule has 11 heteroatoms. The Labute approximate surface area is 259 Å². The molecular formula is C34H33FN6O4. The summed E-state index contributed by atoms with van der Waals surface area (Å²) in [6.45, 7) is 4.79. The maximum absolute atomic E-state index is 14.6. The number of para-hydroxylation sites is 1. The molecule has 0 aliphatic carbocycles. The van der Waals surface area contributed by atoms with E-state index in [9.17, 15) is 14.0 Å². The minimum Gasteiger partial charge on any atom is -0.490 e. The molecule has 1 aliphatic heterocycles. The van der Waals surface area contributed by atoms with Crippen LogP contribution in [0.1, 0.15) is 34.5 Å². The van der Waals surface area contributed by atoms with Crippen molar-refractivity contribution in [2.45, 2.75) is 32.8 Å². The summed E-state index contributed by atoms with van der Waals surface area (Å²) in [7, 11) is 1.74. The molecule has 0 bridgehead atoms. The first-order valence-electron chi connectivity index (χ1n) is 14.6. The zero-order valence-electron chi connectivity index (χ0n) is 25.2. The van der Waals surface area contributed by atoms with E-state index >= 15 is 0 Å². The molecule has 3 aromatic carbocycles. The topological polar surface area (TPSA) is 126 Å². The van der Waals surface area contributed by atoms with E-state index in [1.165, 1.54) is 23.0 Å². The molecule has 45 heavy (non-hydrogen) atoms. The summed E-state index contributed by atoms with van der Waals surface area (Å²) < 4.78 is 29.2. The van der Waals surface area contributed by atoms with Gasteiger partial charge in [-0.3, -0.25) is 14.3 Å². The van der Waals surface area contributed by atoms with E-state index in [4.69, 9.17) is 20.2 Å². The van der Waals surface area contributed by atoms with E-state index in [0.717, 1.165) is 18.4 Å². The Bertz CT molecular complexity index is 1950. The van der Waals surface area contributed by atoms with Gasteiger partial charge in [0.2, 0.25) is 0 Å². The van der Waals surface area contributed by atoms with Crippen LogP contribution in [0, 0.1) is 19.7 Å². The number of nitrogens with one attached hydrogen (secondary N) is 1. The van der Waals surface area contributed by atoms with Crippen molar-refractivity contribution >= 4 is 17.4 Å². The number of nitrogens with zero attached hydrogens (tertiary/aromatic N) is 4. The highest BCUT2D eigenvalue weighted by atomic mass is 19.1. The lowest BCUT2D eigenvalue weighted by atomic mass is 10.1. The number of hydrogen-bond donors (Lipinski definition) is 2. The van der Waals surface area contributed by atoms with E-state index in [1.807, 2.05) is 43.3 Å². The van der Waals surface area contributed by atoms with Crippen LogP contribution in [-0.4, -0.2) is 44.6 Å². The fraction of sp³-hybridized carbons (Fsp3) is 0.235. The highest BCUT2D eigenvalue weighted by Crippen LogP contribution is 2.31. The lowest BCUT2D eigenvalue weighted by Crippen LogP contribution is -2.25. The highest BCUT2D eigenvalue weighted by molar-refractivity contribution is 6.05. The first-order valence-corrected chi connectivity index (χ1v) is 14.6. The van der Waals surface area contributed by atoms with E-state index < -0.39 is 17.3 Å². The standard InChI is InChI=1S/C34H33FN6O4/c1-20-15-22(9-10-28(20)39-33(42)30-21(2)40(3)41(34(30)43)25-7-5-4-6-8-25)31-32(36)37-19-29(38-31)23-16-24(35)18-27(17-23)45-26-11-13-44-14-12-26/h4-10,15-19,26H,11-14H2,1-3H3,(H2,36,37)(H,39,42). The van der Waals surface area contributed by atoms with Gasteiger partial charge in [0, 0.05) is 42.8 Å². The Balaban J connectivity index is 1.26. The molecule has 230 valence electrons. The number of aromatic nitrogens is 4. The van der Waals surface area contributed by atoms with Gasteiger partial charge in [0.05, 0.1) is 36.5 Å². The zero-order valence-corrected chi connectivity index (χ0v) is 25.2. The average Bonchev–Trinajstić information content (AvgIpc) is 3.26. The molecule has 1 aliphatic rings. The average molecular weight is 609 g/mol. The second-order valence-electron chi connectivity index (χ2n) is 11.0. The number of amides is 1. The minimum absolute atomic E-state index is 0.0425. The van der Waals surface area contributed by atoms with Gasteiger partial charge in [0.15, 0.2) is 0 Å². The maximum Gasteiger partial charge on any atom is 0.284 e. The second-order valence-corrected chi connectivity index (χ2v) is 11.0. The summed E-state index contributed by atoms with van der Waals surface area (Å²) >= 11 is 0. The van der Waals surface area contributed by atoms with Gasteiger partial charge in [-0.2, -0.15) is 0 Å². The third-order valence-corrected chi connectivity index (χ3v) is 7.97. The van der Waals surface area contributed by atoms with Crippen LogP contribution >= 0.6 is 0 Å². The number of halogens is 1. The van der Waals surface area contributed by atoms with Crippen molar-refractivity contribution in [3.63, 3.8) is 0 Å². The number of benzene rings is 3. The number of nitrogen functional groups attached to an aromatic ring is 1. The zero-order chi connectivity index (χ0) is 31.7. The van der Waals surface area contributed by atoms with Crippen molar-refractivity contribution in [1.29, 1.82) is 0 Å². The van der Waals surface area contributed by atoms with E-state index in [-0.39, 0.29) is 17.5 Å². The number of rotatable bonds is 7. The molecule has 2 aromatic heterocycles. The van der Waals surface area contributed by atoms with Crippen molar-refractivity contribution in [1.82, 2.24) is 19.3 Å². The molecule has 0 radical (unpaired) electrons. The molecular weight excluding hydrogens is 575 g/mol. The van der Waals surface area contributed by atoms with Gasteiger partial charge in [-0.15, -0.1) is 0 Å². The summed E-state index contributed by atoms with van der Waals surface area (Å²) in [5, 5.41) is 2.88. The lowest BCUT2D eigenvalue weighted by molar-refractivity contribution is 0.0255. The van der Waals surface area contributed by atoms with Crippen molar-refractivity contribution in [2.75, 3.05) is 24.3 Å². The number of ether oxygens (including phenoxy) is 2. The number of anilines is 2. The lowest BCUT2D eigenvalue weighted by Gasteiger charge is -2.23. The number of nitrogens with two attached hydrogens (primary N) is 1. The number of aryl methyl sites for hydroxylation is 1. The predicted octanol–water partition coefficient (Wildman–Crippen LogP) is 5.45. The van der Waals surface area contributed by atoms with Gasteiger partial charge in [-0.05, 0) is 55.8 Å². The Morgan fingerprint density at radius 1 is 1.04 bits per heavy atom. The maximum atomic E-state index is 14.6. The molecule has 0 unspecified atom stereocenters. The molecule has 3 heterocycles. The van der Waals surface area contributed by atoms with Gasteiger partial charge in [-0.25, -0.2) is 19.0 Å². The van der Waals surface area contributed by atoms with Crippen molar-refractivity contribution < 1.29 is 18.7 Å². The summed E-state index contributed by atoms with van der Waals surface area (Å²) in [6, 6.07) is 18.9. The van der Waals surface area contributed by atoms with Crippen molar-refractivity contribution in [2.24, 2.45) is 7.05 Å². The van der Waals surface area contributed by atoms with Crippen LogP contribution in [0.15, 0.2) is 77.7 Å². The van der Waals surface area contributed by atoms with E-state index in [1.54, 1.807) is 36.9 Å². The second kappa shape index (κ2) is 12.4. The van der Waals surface area contributed by atoms with Crippen LogP contribution in [0.5, 0.6) is 5.75 Å². The van der Waals surface area contributed by atoms with Crippen LogP contribution in [-0.2, 0) is 11.8 Å². The van der Waals surface area contributed by atoms with E-state index in [0.29, 0.717) is 58.5 Å². The molecule has 0 atom stereocenters. The molecule has 0 spiro atoms. The highest BCUT2D eigenvalue weighted by Gasteiger charge is 2.23. The summed E-state index contributed by atoms with van der Waals surface area (Å²) in [5.74, 6) is -0.344. The molecule has 1 fully saturated rings. The molecule has 0 saturated carbocycles. The minimum atomic E-state index is -0.509. The normalized spacial score (nSPS) is 13.5. The van der Waals surface area contributed by atoms with Crippen LogP contribution in [0.3, 0.4) is 0 Å². The SMILES string of the molecule is Cc1cc(-c2nc(-c3cc(F)cc(OC4CCOCC4)c3)cnc2N)ccc1NC(=O)c1c(C)n(C)n(-c2ccccc2)c1=O. The van der Waals surface area contributed by atoms with Gasteiger partial charge in [0.1, 0.15) is 34.7 Å². The van der Waals surface area contributed by atoms with Gasteiger partial charge >= 0.3 is 0 Å². The van der Waals surface area contributed by atoms with E-state index in [2.05, 4.69) is 10.3 Å². The predicted molar refractivity (Wildman–Crippen MR) is 170 cm³/mol. The summed E-state index contributed by atoms with van der Waals surface area (Å²) in [4.78, 5) is 35.7. The summed E-state index contributed by atoms with van der Waals surface area (Å²) in [6.07, 6.45) is 2.94. The first kappa shape index (κ1) is 29.8.